The molecular formula is C18H32O5. The lowest BCUT2D eigenvalue weighted by atomic mass is 9.85. The topological polar surface area (TPSA) is 57.2 Å². The normalized spacial score (nSPS) is 17.8. The van der Waals surface area contributed by atoms with E-state index in [2.05, 4.69) is 11.8 Å². The first-order valence-corrected chi connectivity index (χ1v) is 8.83. The van der Waals surface area contributed by atoms with Gasteiger partial charge < -0.3 is 24.1 Å². The van der Waals surface area contributed by atoms with Crippen LogP contribution in [0.5, 0.6) is 0 Å². The van der Waals surface area contributed by atoms with Crippen molar-refractivity contribution in [2.45, 2.75) is 77.5 Å². The zero-order valence-corrected chi connectivity index (χ0v) is 15.0. The number of hydrogen-bond donors (Lipinski definition) is 1. The van der Waals surface area contributed by atoms with Crippen LogP contribution in [-0.2, 0) is 18.9 Å². The van der Waals surface area contributed by atoms with Crippen LogP contribution in [0.3, 0.4) is 0 Å². The molecule has 0 unspecified atom stereocenters. The van der Waals surface area contributed by atoms with Gasteiger partial charge in [0.2, 0.25) is 6.29 Å². The molecule has 0 saturated heterocycles. The fourth-order valence-electron chi connectivity index (χ4n) is 2.77. The maximum absolute atomic E-state index is 10.6. The van der Waals surface area contributed by atoms with Gasteiger partial charge in [0.25, 0.3) is 5.79 Å². The molecule has 1 N–H and O–H groups in total. The molecule has 0 amide bonds. The third-order valence-electron chi connectivity index (χ3n) is 3.81. The minimum absolute atomic E-state index is 0.407. The summed E-state index contributed by atoms with van der Waals surface area (Å²) in [6, 6.07) is 0. The molecule has 1 fully saturated rings. The van der Waals surface area contributed by atoms with Crippen LogP contribution in [0.2, 0.25) is 0 Å². The predicted molar refractivity (Wildman–Crippen MR) is 88.8 cm³/mol. The Balaban J connectivity index is 3.10. The van der Waals surface area contributed by atoms with E-state index in [4.69, 9.17) is 18.9 Å². The highest BCUT2D eigenvalue weighted by atomic mass is 16.8. The standard InChI is InChI=1S/C18H32O5/c1-5-20-16(21-6-2)18(22-7-3,23-8-4)15-14-17(19)12-10-9-11-13-17/h16,19H,5-13H2,1-4H3. The van der Waals surface area contributed by atoms with E-state index in [1.807, 2.05) is 27.7 Å². The van der Waals surface area contributed by atoms with Crippen LogP contribution in [0.4, 0.5) is 0 Å². The summed E-state index contributed by atoms with van der Waals surface area (Å²) in [5.41, 5.74) is -0.972. The van der Waals surface area contributed by atoms with E-state index in [-0.39, 0.29) is 0 Å². The minimum Gasteiger partial charge on any atom is -0.378 e. The van der Waals surface area contributed by atoms with Crippen LogP contribution in [0.1, 0.15) is 59.8 Å². The third kappa shape index (κ3) is 6.06. The fraction of sp³-hybridized carbons (Fsp3) is 0.889. The quantitative estimate of drug-likeness (QED) is 0.521. The van der Waals surface area contributed by atoms with Crippen molar-refractivity contribution >= 4 is 0 Å². The molecule has 0 atom stereocenters. The molecule has 5 nitrogen and oxygen atoms in total. The van der Waals surface area contributed by atoms with Crippen molar-refractivity contribution in [3.05, 3.63) is 0 Å². The molecule has 134 valence electrons. The highest BCUT2D eigenvalue weighted by Crippen LogP contribution is 2.29. The number of rotatable bonds is 9. The van der Waals surface area contributed by atoms with Gasteiger partial charge in [0, 0.05) is 26.4 Å². The number of hydrogen-bond acceptors (Lipinski definition) is 5. The average Bonchev–Trinajstić information content (AvgIpc) is 2.54. The van der Waals surface area contributed by atoms with Gasteiger partial charge in [-0.2, -0.15) is 0 Å². The first-order valence-electron chi connectivity index (χ1n) is 8.83. The van der Waals surface area contributed by atoms with Crippen molar-refractivity contribution in [3.63, 3.8) is 0 Å². The summed E-state index contributed by atoms with van der Waals surface area (Å²) in [7, 11) is 0. The lowest BCUT2D eigenvalue weighted by molar-refractivity contribution is -0.321. The Morgan fingerprint density at radius 2 is 1.43 bits per heavy atom. The maximum atomic E-state index is 10.6. The second-order valence-corrected chi connectivity index (χ2v) is 5.62. The van der Waals surface area contributed by atoms with Crippen LogP contribution in [0.25, 0.3) is 0 Å². The summed E-state index contributed by atoms with van der Waals surface area (Å²) in [5.74, 6) is 4.71. The average molecular weight is 328 g/mol. The van der Waals surface area contributed by atoms with Gasteiger partial charge in [-0.1, -0.05) is 12.3 Å². The smallest absolute Gasteiger partial charge is 0.286 e. The molecule has 23 heavy (non-hydrogen) atoms. The molecule has 5 heteroatoms. The molecular weight excluding hydrogens is 296 g/mol. The largest absolute Gasteiger partial charge is 0.378 e. The first kappa shape index (κ1) is 20.4. The zero-order valence-electron chi connectivity index (χ0n) is 15.0. The monoisotopic (exact) mass is 328 g/mol. The summed E-state index contributed by atoms with van der Waals surface area (Å²) in [4.78, 5) is 0. The Morgan fingerprint density at radius 3 is 1.87 bits per heavy atom. The van der Waals surface area contributed by atoms with E-state index in [1.54, 1.807) is 0 Å². The Morgan fingerprint density at radius 1 is 0.913 bits per heavy atom. The molecule has 0 bridgehead atoms. The Bertz CT molecular complexity index is 367. The van der Waals surface area contributed by atoms with Crippen molar-refractivity contribution in [3.8, 4) is 11.8 Å². The summed E-state index contributed by atoms with van der Waals surface area (Å²) in [6.45, 7) is 9.25. The molecule has 0 spiro atoms. The van der Waals surface area contributed by atoms with Crippen LogP contribution in [0.15, 0.2) is 0 Å². The van der Waals surface area contributed by atoms with Crippen LogP contribution in [0, 0.1) is 11.8 Å². The van der Waals surface area contributed by atoms with Gasteiger partial charge in [-0.05, 0) is 59.3 Å². The Hall–Kier alpha value is -0.640. The van der Waals surface area contributed by atoms with Crippen molar-refractivity contribution in [2.75, 3.05) is 26.4 Å². The molecule has 0 radical (unpaired) electrons. The molecule has 0 aromatic carbocycles. The van der Waals surface area contributed by atoms with Crippen LogP contribution < -0.4 is 0 Å². The first-order chi connectivity index (χ1) is 11.1. The lowest BCUT2D eigenvalue weighted by Crippen LogP contribution is -2.50. The molecule has 0 heterocycles. The van der Waals surface area contributed by atoms with E-state index in [0.29, 0.717) is 39.3 Å². The lowest BCUT2D eigenvalue weighted by Gasteiger charge is -2.35. The van der Waals surface area contributed by atoms with E-state index in [9.17, 15) is 5.11 Å². The van der Waals surface area contributed by atoms with E-state index in [0.717, 1.165) is 19.3 Å². The second-order valence-electron chi connectivity index (χ2n) is 5.62. The van der Waals surface area contributed by atoms with Gasteiger partial charge >= 0.3 is 0 Å². The molecule has 0 aliphatic heterocycles. The molecule has 0 aromatic heterocycles. The van der Waals surface area contributed by atoms with E-state index in [1.165, 1.54) is 0 Å². The Kier molecular flexibility index (Phi) is 9.11. The highest BCUT2D eigenvalue weighted by molar-refractivity contribution is 5.21. The second kappa shape index (κ2) is 10.3. The van der Waals surface area contributed by atoms with Crippen LogP contribution >= 0.6 is 0 Å². The molecule has 1 aliphatic rings. The highest BCUT2D eigenvalue weighted by Gasteiger charge is 2.42. The minimum atomic E-state index is -1.32. The van der Waals surface area contributed by atoms with Gasteiger partial charge in [-0.15, -0.1) is 0 Å². The summed E-state index contributed by atoms with van der Waals surface area (Å²) >= 11 is 0. The van der Waals surface area contributed by atoms with Gasteiger partial charge in [-0.25, -0.2) is 0 Å². The molecule has 0 aromatic rings. The Labute approximate surface area is 140 Å². The third-order valence-corrected chi connectivity index (χ3v) is 3.81. The fourth-order valence-corrected chi connectivity index (χ4v) is 2.77. The molecule has 1 rings (SSSR count). The number of ether oxygens (including phenoxy) is 4. The van der Waals surface area contributed by atoms with Crippen molar-refractivity contribution < 1.29 is 24.1 Å². The van der Waals surface area contributed by atoms with Gasteiger partial charge in [0.1, 0.15) is 5.60 Å². The summed E-state index contributed by atoms with van der Waals surface area (Å²) in [6.07, 6.45) is 3.73. The summed E-state index contributed by atoms with van der Waals surface area (Å²) < 4.78 is 23.0. The number of aliphatic hydroxyl groups is 1. The van der Waals surface area contributed by atoms with E-state index < -0.39 is 17.7 Å². The van der Waals surface area contributed by atoms with Crippen molar-refractivity contribution in [1.29, 1.82) is 0 Å². The maximum Gasteiger partial charge on any atom is 0.286 e. The van der Waals surface area contributed by atoms with Crippen LogP contribution in [-0.4, -0.2) is 49.2 Å². The van der Waals surface area contributed by atoms with Gasteiger partial charge in [0.05, 0.1) is 0 Å². The van der Waals surface area contributed by atoms with Crippen molar-refractivity contribution in [2.24, 2.45) is 0 Å². The molecule has 1 aliphatic carbocycles. The van der Waals surface area contributed by atoms with E-state index >= 15 is 0 Å². The predicted octanol–water partition coefficient (Wildman–Crippen LogP) is 2.85. The zero-order chi connectivity index (χ0) is 17.2. The van der Waals surface area contributed by atoms with Gasteiger partial charge in [0.15, 0.2) is 0 Å². The summed E-state index contributed by atoms with van der Waals surface area (Å²) in [5, 5.41) is 10.6. The SMILES string of the molecule is CCOC(OCC)C(C#CC1(O)CCCCC1)(OCC)OCC. The molecule has 1 saturated carbocycles. The van der Waals surface area contributed by atoms with Gasteiger partial charge in [-0.3, -0.25) is 0 Å². The van der Waals surface area contributed by atoms with Crippen molar-refractivity contribution in [1.82, 2.24) is 0 Å².